The van der Waals surface area contributed by atoms with Gasteiger partial charge in [-0.05, 0) is 72.0 Å². The van der Waals surface area contributed by atoms with Crippen LogP contribution in [0.3, 0.4) is 0 Å². The Kier molecular flexibility index (Phi) is 7.90. The molecular formula is C18H18INO8S. The number of nitrogens with zero attached hydrogens (tertiary/aromatic N) is 1. The van der Waals surface area contributed by atoms with Crippen molar-refractivity contribution in [2.45, 2.75) is 19.9 Å². The number of ether oxygens (including phenoxy) is 3. The van der Waals surface area contributed by atoms with E-state index in [9.17, 15) is 19.2 Å². The van der Waals surface area contributed by atoms with Gasteiger partial charge in [0.2, 0.25) is 0 Å². The van der Waals surface area contributed by atoms with E-state index in [0.717, 1.165) is 4.90 Å². The Labute approximate surface area is 184 Å². The number of amides is 2. The molecule has 11 heteroatoms. The zero-order chi connectivity index (χ0) is 21.7. The Balaban J connectivity index is 2.31. The fourth-order valence-electron chi connectivity index (χ4n) is 2.43. The lowest BCUT2D eigenvalue weighted by Crippen LogP contribution is -2.42. The molecule has 0 saturated carbocycles. The van der Waals surface area contributed by atoms with Crippen molar-refractivity contribution in [2.24, 2.45) is 0 Å². The number of benzene rings is 1. The molecule has 1 saturated heterocycles. The molecule has 1 atom stereocenters. The summed E-state index contributed by atoms with van der Waals surface area (Å²) in [4.78, 5) is 48.5. The molecule has 1 aromatic rings. The first kappa shape index (κ1) is 23.0. The molecule has 156 valence electrons. The molecule has 2 rings (SSSR count). The van der Waals surface area contributed by atoms with Crippen LogP contribution in [0.25, 0.3) is 6.08 Å². The second-order valence-corrected chi connectivity index (χ2v) is 7.85. The van der Waals surface area contributed by atoms with Crippen LogP contribution in [0, 0.1) is 3.57 Å². The smallest absolute Gasteiger partial charge is 0.341 e. The minimum Gasteiger partial charge on any atom is -0.493 e. The van der Waals surface area contributed by atoms with Gasteiger partial charge in [-0.25, -0.2) is 9.59 Å². The maximum absolute atomic E-state index is 12.6. The summed E-state index contributed by atoms with van der Waals surface area (Å²) in [5.74, 6) is -1.84. The van der Waals surface area contributed by atoms with Crippen molar-refractivity contribution < 1.29 is 38.5 Å². The number of hydrogen-bond donors (Lipinski definition) is 1. The van der Waals surface area contributed by atoms with Gasteiger partial charge in [0.15, 0.2) is 18.1 Å². The Bertz CT molecular complexity index is 885. The van der Waals surface area contributed by atoms with E-state index in [2.05, 4.69) is 0 Å². The third-order valence-electron chi connectivity index (χ3n) is 3.73. The Morgan fingerprint density at radius 1 is 1.34 bits per heavy atom. The van der Waals surface area contributed by atoms with Gasteiger partial charge >= 0.3 is 11.9 Å². The number of rotatable bonds is 8. The number of carboxylic acids is 1. The van der Waals surface area contributed by atoms with Gasteiger partial charge in [-0.15, -0.1) is 0 Å². The molecule has 1 fully saturated rings. The molecule has 1 aliphatic rings. The van der Waals surface area contributed by atoms with Crippen molar-refractivity contribution in [2.75, 3.05) is 20.3 Å². The van der Waals surface area contributed by atoms with Crippen LogP contribution in [-0.2, 0) is 19.1 Å². The van der Waals surface area contributed by atoms with Crippen molar-refractivity contribution in [1.29, 1.82) is 0 Å². The number of hydrogen-bond acceptors (Lipinski definition) is 8. The Morgan fingerprint density at radius 2 is 2.03 bits per heavy atom. The zero-order valence-corrected chi connectivity index (χ0v) is 18.7. The van der Waals surface area contributed by atoms with Crippen molar-refractivity contribution in [3.8, 4) is 11.5 Å². The van der Waals surface area contributed by atoms with E-state index in [4.69, 9.17) is 19.3 Å². The van der Waals surface area contributed by atoms with Crippen LogP contribution in [0.1, 0.15) is 19.4 Å². The third-order valence-corrected chi connectivity index (χ3v) is 5.41. The summed E-state index contributed by atoms with van der Waals surface area (Å²) < 4.78 is 15.9. The third kappa shape index (κ3) is 5.41. The fourth-order valence-corrected chi connectivity index (χ4v) is 4.12. The minimum absolute atomic E-state index is 0.142. The number of methoxy groups -OCH3 is 1. The van der Waals surface area contributed by atoms with Gasteiger partial charge in [0.1, 0.15) is 6.04 Å². The van der Waals surface area contributed by atoms with Gasteiger partial charge in [-0.2, -0.15) is 0 Å². The number of carbonyl (C=O) groups excluding carboxylic acids is 3. The first-order valence-electron chi connectivity index (χ1n) is 8.35. The van der Waals surface area contributed by atoms with E-state index >= 15 is 0 Å². The second-order valence-electron chi connectivity index (χ2n) is 5.70. The molecule has 1 heterocycles. The van der Waals surface area contributed by atoms with Gasteiger partial charge in [0.25, 0.3) is 11.1 Å². The predicted octanol–water partition coefficient (Wildman–Crippen LogP) is 2.75. The molecule has 29 heavy (non-hydrogen) atoms. The van der Waals surface area contributed by atoms with E-state index in [1.54, 1.807) is 19.1 Å². The molecule has 1 N–H and O–H groups in total. The molecule has 2 amide bonds. The monoisotopic (exact) mass is 535 g/mol. The summed E-state index contributed by atoms with van der Waals surface area (Å²) in [6, 6.07) is 2.18. The fraction of sp³-hybridized carbons (Fsp3) is 0.333. The molecule has 0 aliphatic carbocycles. The molecule has 9 nitrogen and oxygen atoms in total. The summed E-state index contributed by atoms with van der Waals surface area (Å²) in [6.07, 6.45) is 1.49. The molecule has 0 radical (unpaired) electrons. The maximum Gasteiger partial charge on any atom is 0.341 e. The molecule has 0 bridgehead atoms. The predicted molar refractivity (Wildman–Crippen MR) is 113 cm³/mol. The van der Waals surface area contributed by atoms with Crippen molar-refractivity contribution in [3.05, 3.63) is 26.2 Å². The lowest BCUT2D eigenvalue weighted by molar-refractivity contribution is -0.150. The van der Waals surface area contributed by atoms with Crippen molar-refractivity contribution in [1.82, 2.24) is 4.90 Å². The zero-order valence-electron chi connectivity index (χ0n) is 15.8. The van der Waals surface area contributed by atoms with Crippen molar-refractivity contribution in [3.63, 3.8) is 0 Å². The normalized spacial score (nSPS) is 16.1. The summed E-state index contributed by atoms with van der Waals surface area (Å²) >= 11 is 2.67. The average molecular weight is 535 g/mol. The van der Waals surface area contributed by atoms with E-state index in [0.29, 0.717) is 20.9 Å². The highest BCUT2D eigenvalue weighted by Gasteiger charge is 2.41. The van der Waals surface area contributed by atoms with Gasteiger partial charge in [0.05, 0.1) is 22.2 Å². The van der Waals surface area contributed by atoms with Crippen LogP contribution in [-0.4, -0.2) is 59.5 Å². The molecule has 0 unspecified atom stereocenters. The van der Waals surface area contributed by atoms with Gasteiger partial charge in [-0.3, -0.25) is 14.5 Å². The highest BCUT2D eigenvalue weighted by molar-refractivity contribution is 14.1. The number of aliphatic carboxylic acids is 1. The standard InChI is InChI=1S/C18H18INO8S/c1-4-27-17(24)9(2)20-16(23)13(29-18(20)25)7-10-5-11(19)15(12(6-10)26-3)28-8-14(21)22/h5-7,9H,4,8H2,1-3H3,(H,21,22)/b13-7+/t9-/m1/s1. The van der Waals surface area contributed by atoms with Crippen LogP contribution >= 0.6 is 34.4 Å². The van der Waals surface area contributed by atoms with Gasteiger partial charge < -0.3 is 19.3 Å². The van der Waals surface area contributed by atoms with E-state index in [1.807, 2.05) is 22.6 Å². The topological polar surface area (TPSA) is 119 Å². The van der Waals surface area contributed by atoms with Crippen molar-refractivity contribution >= 4 is 63.5 Å². The number of halogens is 1. The lowest BCUT2D eigenvalue weighted by atomic mass is 10.1. The number of imide groups is 1. The van der Waals surface area contributed by atoms with E-state index < -0.39 is 35.7 Å². The maximum atomic E-state index is 12.6. The first-order chi connectivity index (χ1) is 13.7. The SMILES string of the molecule is CCOC(=O)[C@@H](C)N1C(=O)S/C(=C/c2cc(I)c(OCC(=O)O)c(OC)c2)C1=O. The largest absolute Gasteiger partial charge is 0.493 e. The molecule has 1 aromatic carbocycles. The highest BCUT2D eigenvalue weighted by atomic mass is 127. The van der Waals surface area contributed by atoms with Gasteiger partial charge in [-0.1, -0.05) is 0 Å². The molecule has 0 spiro atoms. The summed E-state index contributed by atoms with van der Waals surface area (Å²) in [5.41, 5.74) is 0.545. The number of esters is 1. The van der Waals surface area contributed by atoms with Crippen LogP contribution < -0.4 is 9.47 Å². The molecule has 1 aliphatic heterocycles. The van der Waals surface area contributed by atoms with E-state index in [-0.39, 0.29) is 23.0 Å². The van der Waals surface area contributed by atoms with E-state index in [1.165, 1.54) is 20.1 Å². The average Bonchev–Trinajstić information content (AvgIpc) is 2.93. The summed E-state index contributed by atoms with van der Waals surface area (Å²) in [7, 11) is 1.40. The molecular weight excluding hydrogens is 517 g/mol. The quantitative estimate of drug-likeness (QED) is 0.305. The Morgan fingerprint density at radius 3 is 2.62 bits per heavy atom. The van der Waals surface area contributed by atoms with Crippen LogP contribution in [0.5, 0.6) is 11.5 Å². The first-order valence-corrected chi connectivity index (χ1v) is 10.2. The second kappa shape index (κ2) is 9.96. The van der Waals surface area contributed by atoms with Crippen LogP contribution in [0.2, 0.25) is 0 Å². The lowest BCUT2D eigenvalue weighted by Gasteiger charge is -2.19. The highest BCUT2D eigenvalue weighted by Crippen LogP contribution is 2.37. The van der Waals surface area contributed by atoms with Gasteiger partial charge in [0, 0.05) is 0 Å². The summed E-state index contributed by atoms with van der Waals surface area (Å²) in [6.45, 7) is 2.68. The number of carboxylic acid groups (broad SMARTS) is 1. The number of thioether (sulfide) groups is 1. The Hall–Kier alpha value is -2.28. The summed E-state index contributed by atoms with van der Waals surface area (Å²) in [5, 5.41) is 8.22. The number of carbonyl (C=O) groups is 4. The molecule has 0 aromatic heterocycles. The minimum atomic E-state index is -1.13. The van der Waals surface area contributed by atoms with Crippen LogP contribution in [0.4, 0.5) is 4.79 Å². The van der Waals surface area contributed by atoms with Crippen LogP contribution in [0.15, 0.2) is 17.0 Å².